The first-order valence-corrected chi connectivity index (χ1v) is 10.4. The number of nitrogens with one attached hydrogen (secondary N) is 1. The minimum atomic E-state index is -4.45. The fraction of sp³-hybridized carbons (Fsp3) is 0.160. The third kappa shape index (κ3) is 5.49. The lowest BCUT2D eigenvalue weighted by molar-refractivity contribution is -0.137. The quantitative estimate of drug-likeness (QED) is 0.388. The van der Waals surface area contributed by atoms with E-state index in [-0.39, 0.29) is 23.7 Å². The largest absolute Gasteiger partial charge is 0.497 e. The minimum Gasteiger partial charge on any atom is -0.497 e. The summed E-state index contributed by atoms with van der Waals surface area (Å²) in [6.45, 7) is -0.345. The van der Waals surface area contributed by atoms with Crippen LogP contribution in [0.5, 0.6) is 17.2 Å². The molecule has 1 unspecified atom stereocenters. The first-order chi connectivity index (χ1) is 16.8. The number of carbonyl (C=O) groups is 1. The van der Waals surface area contributed by atoms with E-state index in [1.54, 1.807) is 42.6 Å². The maximum Gasteiger partial charge on any atom is 0.416 e. The van der Waals surface area contributed by atoms with E-state index in [1.165, 1.54) is 25.4 Å². The number of aliphatic hydroxyl groups is 1. The number of nitrogens with zero attached hydrogens (tertiary/aromatic N) is 2. The van der Waals surface area contributed by atoms with Gasteiger partial charge in [-0.1, -0.05) is 6.07 Å². The molecule has 1 atom stereocenters. The lowest BCUT2D eigenvalue weighted by atomic mass is 10.1. The average Bonchev–Trinajstić information content (AvgIpc) is 2.87. The highest BCUT2D eigenvalue weighted by molar-refractivity contribution is 5.98. The van der Waals surface area contributed by atoms with Gasteiger partial charge in [0.25, 0.3) is 5.91 Å². The second-order valence-corrected chi connectivity index (χ2v) is 7.51. The number of amides is 1. The van der Waals surface area contributed by atoms with Crippen molar-refractivity contribution in [2.75, 3.05) is 13.7 Å². The van der Waals surface area contributed by atoms with Crippen molar-refractivity contribution < 1.29 is 32.5 Å². The van der Waals surface area contributed by atoms with E-state index in [9.17, 15) is 23.1 Å². The summed E-state index contributed by atoms with van der Waals surface area (Å²) in [4.78, 5) is 21.3. The normalized spacial score (nSPS) is 12.3. The van der Waals surface area contributed by atoms with Crippen molar-refractivity contribution in [2.24, 2.45) is 0 Å². The molecular formula is C25H20F3N3O4. The zero-order valence-corrected chi connectivity index (χ0v) is 18.4. The standard InChI is InChI=1S/C25H20F3N3O4/c1-34-19-11-15-10-16(24(33)31-21(14-32)20-4-2-3-9-29-20)13-30-23(15)22(12-19)35-18-7-5-17(6-8-18)25(26,27)28/h2-13,21,32H,14H2,1H3,(H,31,33). The second-order valence-electron chi connectivity index (χ2n) is 7.51. The first-order valence-electron chi connectivity index (χ1n) is 10.4. The van der Waals surface area contributed by atoms with Crippen LogP contribution in [-0.2, 0) is 6.18 Å². The van der Waals surface area contributed by atoms with Crippen LogP contribution in [-0.4, -0.2) is 34.7 Å². The maximum atomic E-state index is 12.8. The molecule has 0 radical (unpaired) electrons. The van der Waals surface area contributed by atoms with Crippen LogP contribution < -0.4 is 14.8 Å². The predicted octanol–water partition coefficient (Wildman–Crippen LogP) is 4.91. The number of carbonyl (C=O) groups excluding carboxylic acids is 1. The molecule has 180 valence electrons. The number of ether oxygens (including phenoxy) is 2. The van der Waals surface area contributed by atoms with Crippen molar-refractivity contribution in [1.82, 2.24) is 15.3 Å². The molecule has 2 N–H and O–H groups in total. The van der Waals surface area contributed by atoms with E-state index in [2.05, 4.69) is 15.3 Å². The number of methoxy groups -OCH3 is 1. The summed E-state index contributed by atoms with van der Waals surface area (Å²) < 4.78 is 49.6. The van der Waals surface area contributed by atoms with Gasteiger partial charge in [0.15, 0.2) is 5.75 Å². The number of hydrogen-bond donors (Lipinski definition) is 2. The number of aliphatic hydroxyl groups excluding tert-OH is 1. The fourth-order valence-corrected chi connectivity index (χ4v) is 3.39. The van der Waals surface area contributed by atoms with Crippen LogP contribution >= 0.6 is 0 Å². The van der Waals surface area contributed by atoms with Crippen molar-refractivity contribution in [2.45, 2.75) is 12.2 Å². The van der Waals surface area contributed by atoms with Crippen LogP contribution in [0.3, 0.4) is 0 Å². The van der Waals surface area contributed by atoms with Crippen molar-refractivity contribution >= 4 is 16.8 Å². The van der Waals surface area contributed by atoms with Crippen LogP contribution in [0.25, 0.3) is 10.9 Å². The average molecular weight is 483 g/mol. The molecule has 10 heteroatoms. The van der Waals surface area contributed by atoms with Gasteiger partial charge in [0.05, 0.1) is 36.6 Å². The van der Waals surface area contributed by atoms with Gasteiger partial charge in [-0.15, -0.1) is 0 Å². The fourth-order valence-electron chi connectivity index (χ4n) is 3.39. The topological polar surface area (TPSA) is 93.6 Å². The molecule has 2 heterocycles. The van der Waals surface area contributed by atoms with Crippen LogP contribution in [0.4, 0.5) is 13.2 Å². The summed E-state index contributed by atoms with van der Waals surface area (Å²) in [5, 5.41) is 12.9. The van der Waals surface area contributed by atoms with E-state index in [0.717, 1.165) is 12.1 Å². The van der Waals surface area contributed by atoms with Gasteiger partial charge in [-0.3, -0.25) is 14.8 Å². The van der Waals surface area contributed by atoms with E-state index < -0.39 is 23.7 Å². The number of aromatic nitrogens is 2. The number of pyridine rings is 2. The molecule has 0 bridgehead atoms. The lowest BCUT2D eigenvalue weighted by Gasteiger charge is -2.16. The van der Waals surface area contributed by atoms with E-state index >= 15 is 0 Å². The highest BCUT2D eigenvalue weighted by Crippen LogP contribution is 2.35. The van der Waals surface area contributed by atoms with Gasteiger partial charge >= 0.3 is 6.18 Å². The number of fused-ring (bicyclic) bond motifs is 1. The van der Waals surface area contributed by atoms with E-state index in [0.29, 0.717) is 22.3 Å². The van der Waals surface area contributed by atoms with Crippen LogP contribution in [0.2, 0.25) is 0 Å². The van der Waals surface area contributed by atoms with Crippen LogP contribution in [0, 0.1) is 0 Å². The highest BCUT2D eigenvalue weighted by atomic mass is 19.4. The number of rotatable bonds is 7. The Bertz CT molecular complexity index is 1330. The van der Waals surface area contributed by atoms with Gasteiger partial charge in [0, 0.05) is 23.8 Å². The molecular weight excluding hydrogens is 463 g/mol. The molecule has 0 saturated heterocycles. The second kappa shape index (κ2) is 9.98. The Morgan fingerprint density at radius 3 is 2.46 bits per heavy atom. The van der Waals surface area contributed by atoms with Gasteiger partial charge in [0.2, 0.25) is 0 Å². The van der Waals surface area contributed by atoms with Gasteiger partial charge in [0.1, 0.15) is 17.0 Å². The molecule has 0 aliphatic carbocycles. The highest BCUT2D eigenvalue weighted by Gasteiger charge is 2.30. The Hall–Kier alpha value is -4.18. The maximum absolute atomic E-state index is 12.8. The zero-order valence-electron chi connectivity index (χ0n) is 18.4. The third-order valence-corrected chi connectivity index (χ3v) is 5.16. The third-order valence-electron chi connectivity index (χ3n) is 5.16. The SMILES string of the molecule is COc1cc(Oc2ccc(C(F)(F)F)cc2)c2ncc(C(=O)NC(CO)c3ccccn3)cc2c1. The van der Waals surface area contributed by atoms with E-state index in [4.69, 9.17) is 9.47 Å². The Balaban J connectivity index is 1.62. The summed E-state index contributed by atoms with van der Waals surface area (Å²) in [5.74, 6) is 0.350. The lowest BCUT2D eigenvalue weighted by Crippen LogP contribution is -2.31. The van der Waals surface area contributed by atoms with Gasteiger partial charge in [-0.25, -0.2) is 0 Å². The molecule has 0 saturated carbocycles. The Kier molecular flexibility index (Phi) is 6.83. The molecule has 0 aliphatic rings. The summed E-state index contributed by atoms with van der Waals surface area (Å²) >= 11 is 0. The molecule has 35 heavy (non-hydrogen) atoms. The number of hydrogen-bond acceptors (Lipinski definition) is 6. The molecule has 2 aromatic heterocycles. The number of halogens is 3. The van der Waals surface area contributed by atoms with Crippen molar-refractivity contribution in [3.05, 3.63) is 89.9 Å². The molecule has 0 aliphatic heterocycles. The van der Waals surface area contributed by atoms with Gasteiger partial charge in [-0.05, 0) is 48.5 Å². The summed E-state index contributed by atoms with van der Waals surface area (Å²) in [7, 11) is 1.45. The Labute approximate surface area is 198 Å². The van der Waals surface area contributed by atoms with E-state index in [1.807, 2.05) is 0 Å². The molecule has 1 amide bonds. The molecule has 0 spiro atoms. The smallest absolute Gasteiger partial charge is 0.416 e. The first kappa shape index (κ1) is 24.0. The number of benzene rings is 2. The predicted molar refractivity (Wildman–Crippen MR) is 121 cm³/mol. The molecule has 2 aromatic carbocycles. The molecule has 4 rings (SSSR count). The van der Waals surface area contributed by atoms with Crippen molar-refractivity contribution in [1.29, 1.82) is 0 Å². The van der Waals surface area contributed by atoms with Gasteiger partial charge in [-0.2, -0.15) is 13.2 Å². The van der Waals surface area contributed by atoms with Crippen molar-refractivity contribution in [3.63, 3.8) is 0 Å². The molecule has 7 nitrogen and oxygen atoms in total. The zero-order chi connectivity index (χ0) is 25.0. The molecule has 4 aromatic rings. The Morgan fingerprint density at radius 2 is 1.83 bits per heavy atom. The Morgan fingerprint density at radius 1 is 1.06 bits per heavy atom. The summed E-state index contributed by atoms with van der Waals surface area (Å²) in [6, 6.07) is 13.5. The molecule has 0 fully saturated rings. The minimum absolute atomic E-state index is 0.178. The van der Waals surface area contributed by atoms with Crippen molar-refractivity contribution in [3.8, 4) is 17.2 Å². The summed E-state index contributed by atoms with van der Waals surface area (Å²) in [6.07, 6.45) is -1.55. The van der Waals surface area contributed by atoms with Crippen LogP contribution in [0.1, 0.15) is 27.7 Å². The number of alkyl halides is 3. The summed E-state index contributed by atoms with van der Waals surface area (Å²) in [5.41, 5.74) is 0.318. The monoisotopic (exact) mass is 483 g/mol. The van der Waals surface area contributed by atoms with Crippen LogP contribution in [0.15, 0.2) is 73.1 Å². The van der Waals surface area contributed by atoms with Gasteiger partial charge < -0.3 is 19.9 Å².